The second-order valence-corrected chi connectivity index (χ2v) is 4.85. The van der Waals surface area contributed by atoms with Crippen LogP contribution in [0, 0.1) is 5.82 Å². The fourth-order valence-corrected chi connectivity index (χ4v) is 2.12. The van der Waals surface area contributed by atoms with Gasteiger partial charge in [0.05, 0.1) is 7.11 Å². The minimum absolute atomic E-state index is 0.101. The summed E-state index contributed by atoms with van der Waals surface area (Å²) in [6.07, 6.45) is -3.38. The van der Waals surface area contributed by atoms with Crippen LogP contribution in [-0.2, 0) is 5.60 Å². The molecule has 0 heterocycles. The molecule has 0 aliphatic rings. The lowest BCUT2D eigenvalue weighted by Gasteiger charge is -2.29. The number of ether oxygens (including phenoxy) is 1. The Kier molecular flexibility index (Phi) is 4.75. The van der Waals surface area contributed by atoms with Crippen molar-refractivity contribution in [3.63, 3.8) is 0 Å². The van der Waals surface area contributed by atoms with Gasteiger partial charge in [0.1, 0.15) is 11.6 Å². The molecular weight excluding hydrogens is 312 g/mol. The summed E-state index contributed by atoms with van der Waals surface area (Å²) < 4.78 is 58.4. The molecule has 0 amide bonds. The standard InChI is InChI=1S/C17H14F4O2/c1-23-15-8-3-2-7-14(15)16(22,17(19,20)21)10-9-12-5-4-6-13(18)11-12/h2-11,22H,1H3. The van der Waals surface area contributed by atoms with Crippen molar-refractivity contribution in [1.29, 1.82) is 0 Å². The molecule has 6 heteroatoms. The highest BCUT2D eigenvalue weighted by molar-refractivity contribution is 5.53. The molecule has 0 saturated carbocycles. The molecule has 122 valence electrons. The summed E-state index contributed by atoms with van der Waals surface area (Å²) in [5.41, 5.74) is -3.50. The van der Waals surface area contributed by atoms with Crippen molar-refractivity contribution in [3.05, 3.63) is 71.6 Å². The van der Waals surface area contributed by atoms with Gasteiger partial charge in [-0.2, -0.15) is 13.2 Å². The summed E-state index contributed by atoms with van der Waals surface area (Å²) >= 11 is 0. The molecule has 0 aromatic heterocycles. The molecule has 0 aliphatic heterocycles. The van der Waals surface area contributed by atoms with Crippen molar-refractivity contribution >= 4 is 6.08 Å². The van der Waals surface area contributed by atoms with Gasteiger partial charge in [0, 0.05) is 5.56 Å². The first kappa shape index (κ1) is 17.0. The van der Waals surface area contributed by atoms with E-state index in [2.05, 4.69) is 0 Å². The summed E-state index contributed by atoms with van der Waals surface area (Å²) in [6, 6.07) is 10.3. The minimum Gasteiger partial charge on any atom is -0.496 e. The van der Waals surface area contributed by atoms with E-state index in [1.165, 1.54) is 43.5 Å². The van der Waals surface area contributed by atoms with Crippen LogP contribution >= 0.6 is 0 Å². The van der Waals surface area contributed by atoms with E-state index in [1.54, 1.807) is 0 Å². The second kappa shape index (κ2) is 6.42. The van der Waals surface area contributed by atoms with E-state index in [-0.39, 0.29) is 11.3 Å². The lowest BCUT2D eigenvalue weighted by Crippen LogP contribution is -2.40. The smallest absolute Gasteiger partial charge is 0.425 e. The average molecular weight is 326 g/mol. The predicted octanol–water partition coefficient (Wildman–Crippen LogP) is 4.30. The SMILES string of the molecule is COc1ccccc1C(O)(C=Cc1cccc(F)c1)C(F)(F)F. The maximum atomic E-state index is 13.5. The maximum absolute atomic E-state index is 13.5. The highest BCUT2D eigenvalue weighted by atomic mass is 19.4. The van der Waals surface area contributed by atoms with Gasteiger partial charge in [-0.3, -0.25) is 0 Å². The lowest BCUT2D eigenvalue weighted by molar-refractivity contribution is -0.245. The zero-order valence-corrected chi connectivity index (χ0v) is 12.1. The molecule has 0 aliphatic carbocycles. The van der Waals surface area contributed by atoms with Crippen LogP contribution < -0.4 is 4.74 Å². The van der Waals surface area contributed by atoms with Gasteiger partial charge in [0.15, 0.2) is 0 Å². The molecule has 2 aromatic rings. The molecule has 0 radical (unpaired) electrons. The fraction of sp³-hybridized carbons (Fsp3) is 0.176. The third kappa shape index (κ3) is 3.53. The molecule has 2 aromatic carbocycles. The van der Waals surface area contributed by atoms with Crippen LogP contribution in [0.25, 0.3) is 6.08 Å². The van der Waals surface area contributed by atoms with Crippen molar-refractivity contribution < 1.29 is 27.4 Å². The predicted molar refractivity (Wildman–Crippen MR) is 78.4 cm³/mol. The molecule has 1 N–H and O–H groups in total. The summed E-state index contributed by atoms with van der Waals surface area (Å²) in [6.45, 7) is 0. The molecule has 0 fully saturated rings. The average Bonchev–Trinajstić information content (AvgIpc) is 2.51. The summed E-state index contributed by atoms with van der Waals surface area (Å²) in [5.74, 6) is -0.684. The molecule has 2 nitrogen and oxygen atoms in total. The van der Waals surface area contributed by atoms with E-state index in [0.717, 1.165) is 18.2 Å². The van der Waals surface area contributed by atoms with E-state index < -0.39 is 23.2 Å². The molecule has 1 unspecified atom stereocenters. The van der Waals surface area contributed by atoms with E-state index in [0.29, 0.717) is 6.08 Å². The van der Waals surface area contributed by atoms with Gasteiger partial charge >= 0.3 is 6.18 Å². The third-order valence-corrected chi connectivity index (χ3v) is 3.32. The van der Waals surface area contributed by atoms with Crippen LogP contribution in [0.4, 0.5) is 17.6 Å². The molecule has 0 saturated heterocycles. The van der Waals surface area contributed by atoms with E-state index in [4.69, 9.17) is 4.74 Å². The Labute approximate surface area is 130 Å². The van der Waals surface area contributed by atoms with Crippen LogP contribution in [0.5, 0.6) is 5.75 Å². The number of rotatable bonds is 4. The molecule has 2 rings (SSSR count). The number of alkyl halides is 3. The van der Waals surface area contributed by atoms with Gasteiger partial charge in [-0.25, -0.2) is 4.39 Å². The monoisotopic (exact) mass is 326 g/mol. The van der Waals surface area contributed by atoms with Gasteiger partial charge in [-0.05, 0) is 29.8 Å². The quantitative estimate of drug-likeness (QED) is 0.849. The highest BCUT2D eigenvalue weighted by Gasteiger charge is 2.54. The minimum atomic E-state index is -4.98. The second-order valence-electron chi connectivity index (χ2n) is 4.85. The van der Waals surface area contributed by atoms with Crippen LogP contribution in [0.3, 0.4) is 0 Å². The zero-order valence-electron chi connectivity index (χ0n) is 12.1. The normalized spacial score (nSPS) is 14.7. The molecular formula is C17H14F4O2. The Morgan fingerprint density at radius 1 is 1.04 bits per heavy atom. The first-order chi connectivity index (χ1) is 10.8. The fourth-order valence-electron chi connectivity index (χ4n) is 2.12. The topological polar surface area (TPSA) is 29.5 Å². The number of halogens is 4. The number of methoxy groups -OCH3 is 1. The van der Waals surface area contributed by atoms with Crippen molar-refractivity contribution in [2.75, 3.05) is 7.11 Å². The van der Waals surface area contributed by atoms with Gasteiger partial charge in [0.2, 0.25) is 5.60 Å². The first-order valence-corrected chi connectivity index (χ1v) is 6.65. The third-order valence-electron chi connectivity index (χ3n) is 3.32. The van der Waals surface area contributed by atoms with Crippen LogP contribution in [0.1, 0.15) is 11.1 Å². The maximum Gasteiger partial charge on any atom is 0.425 e. The summed E-state index contributed by atoms with van der Waals surface area (Å²) in [4.78, 5) is 0. The van der Waals surface area contributed by atoms with Gasteiger partial charge in [0.25, 0.3) is 0 Å². The molecule has 23 heavy (non-hydrogen) atoms. The number of hydrogen-bond donors (Lipinski definition) is 1. The van der Waals surface area contributed by atoms with Crippen molar-refractivity contribution in [3.8, 4) is 5.75 Å². The number of aliphatic hydroxyl groups is 1. The van der Waals surface area contributed by atoms with Crippen LogP contribution in [0.2, 0.25) is 0 Å². The van der Waals surface area contributed by atoms with Crippen molar-refractivity contribution in [2.24, 2.45) is 0 Å². The number of benzene rings is 2. The molecule has 1 atom stereocenters. The van der Waals surface area contributed by atoms with E-state index >= 15 is 0 Å². The Morgan fingerprint density at radius 3 is 2.35 bits per heavy atom. The van der Waals surface area contributed by atoms with Crippen LogP contribution in [-0.4, -0.2) is 18.4 Å². The van der Waals surface area contributed by atoms with Gasteiger partial charge in [-0.1, -0.05) is 36.4 Å². The lowest BCUT2D eigenvalue weighted by atomic mass is 9.91. The van der Waals surface area contributed by atoms with E-state index in [1.807, 2.05) is 0 Å². The van der Waals surface area contributed by atoms with E-state index in [9.17, 15) is 22.7 Å². The van der Waals surface area contributed by atoms with Crippen molar-refractivity contribution in [1.82, 2.24) is 0 Å². The Hall–Kier alpha value is -2.34. The van der Waals surface area contributed by atoms with Crippen LogP contribution in [0.15, 0.2) is 54.6 Å². The first-order valence-electron chi connectivity index (χ1n) is 6.65. The zero-order chi connectivity index (χ0) is 17.1. The Morgan fingerprint density at radius 2 is 1.74 bits per heavy atom. The Balaban J connectivity index is 2.53. The van der Waals surface area contributed by atoms with Crippen molar-refractivity contribution in [2.45, 2.75) is 11.8 Å². The number of hydrogen-bond acceptors (Lipinski definition) is 2. The summed E-state index contributed by atoms with van der Waals surface area (Å²) in [5, 5.41) is 10.3. The Bertz CT molecular complexity index is 710. The van der Waals surface area contributed by atoms with Gasteiger partial charge < -0.3 is 9.84 Å². The summed E-state index contributed by atoms with van der Waals surface area (Å²) in [7, 11) is 1.21. The molecule has 0 spiro atoms. The largest absolute Gasteiger partial charge is 0.496 e. The number of para-hydroxylation sites is 1. The molecule has 0 bridgehead atoms. The van der Waals surface area contributed by atoms with Gasteiger partial charge in [-0.15, -0.1) is 0 Å². The highest BCUT2D eigenvalue weighted by Crippen LogP contribution is 2.44.